The number of aryl methyl sites for hydroxylation is 2. The van der Waals surface area contributed by atoms with Gasteiger partial charge in [0.2, 0.25) is 11.9 Å². The molecule has 7 heteroatoms. The number of aromatic amines is 1. The van der Waals surface area contributed by atoms with Gasteiger partial charge in [-0.2, -0.15) is 4.98 Å². The van der Waals surface area contributed by atoms with E-state index < -0.39 is 0 Å². The molecule has 0 saturated carbocycles. The molecule has 2 aromatic heterocycles. The molecule has 0 atom stereocenters. The van der Waals surface area contributed by atoms with Crippen molar-refractivity contribution >= 4 is 35.1 Å². The van der Waals surface area contributed by atoms with Crippen LogP contribution >= 0.6 is 0 Å². The fraction of sp³-hybridized carbons (Fsp3) is 0.208. The number of H-pyrrole nitrogens is 1. The van der Waals surface area contributed by atoms with Crippen LogP contribution in [0.5, 0.6) is 0 Å². The number of carbonyl (C=O) groups is 1. The van der Waals surface area contributed by atoms with Crippen LogP contribution < -0.4 is 15.5 Å². The number of benzene rings is 1. The summed E-state index contributed by atoms with van der Waals surface area (Å²) >= 11 is 0. The third kappa shape index (κ3) is 5.73. The number of amides is 1. The van der Waals surface area contributed by atoms with Crippen LogP contribution in [-0.2, 0) is 11.2 Å². The van der Waals surface area contributed by atoms with Gasteiger partial charge in [-0.25, -0.2) is 4.98 Å². The summed E-state index contributed by atoms with van der Waals surface area (Å²) < 4.78 is 0. The lowest BCUT2D eigenvalue weighted by molar-refractivity contribution is -0.115. The van der Waals surface area contributed by atoms with Crippen LogP contribution in [0.4, 0.5) is 23.1 Å². The highest BCUT2D eigenvalue weighted by Crippen LogP contribution is 2.20. The zero-order valence-corrected chi connectivity index (χ0v) is 18.2. The minimum absolute atomic E-state index is 0.104. The Morgan fingerprint density at radius 2 is 1.90 bits per heavy atom. The smallest absolute Gasteiger partial charge is 0.229 e. The number of anilines is 4. The van der Waals surface area contributed by atoms with Gasteiger partial charge in [0.1, 0.15) is 5.82 Å². The van der Waals surface area contributed by atoms with Crippen molar-refractivity contribution in [3.63, 3.8) is 0 Å². The first-order valence-electron chi connectivity index (χ1n) is 9.85. The molecule has 158 valence electrons. The molecule has 0 aliphatic carbocycles. The van der Waals surface area contributed by atoms with Gasteiger partial charge in [0.25, 0.3) is 0 Å². The van der Waals surface area contributed by atoms with Crippen molar-refractivity contribution in [2.75, 3.05) is 29.6 Å². The maximum absolute atomic E-state index is 12.5. The lowest BCUT2D eigenvalue weighted by Crippen LogP contribution is -2.14. The molecule has 7 nitrogen and oxygen atoms in total. The molecule has 31 heavy (non-hydrogen) atoms. The van der Waals surface area contributed by atoms with Gasteiger partial charge in [0.15, 0.2) is 0 Å². The third-order valence-corrected chi connectivity index (χ3v) is 4.63. The van der Waals surface area contributed by atoms with Crippen molar-refractivity contribution in [1.82, 2.24) is 15.0 Å². The Hall–Kier alpha value is -4.05. The number of allylic oxidation sites excluding steroid dienone is 1. The van der Waals surface area contributed by atoms with Crippen LogP contribution in [0.3, 0.4) is 0 Å². The van der Waals surface area contributed by atoms with E-state index in [9.17, 15) is 4.79 Å². The number of nitrogens with one attached hydrogen (secondary N) is 3. The summed E-state index contributed by atoms with van der Waals surface area (Å²) in [5, 5.41) is 6.12. The third-order valence-electron chi connectivity index (χ3n) is 4.63. The first-order chi connectivity index (χ1) is 14.9. The Balaban J connectivity index is 1.64. The first-order valence-corrected chi connectivity index (χ1v) is 9.85. The van der Waals surface area contributed by atoms with E-state index in [-0.39, 0.29) is 12.3 Å². The SMILES string of the molecule is C#C/C=C\c1c(CC(=O)Nc2ccc(Nc3nc(C)cc(N(C)C)n3)cc2)c[nH]c1C. The lowest BCUT2D eigenvalue weighted by atomic mass is 10.1. The van der Waals surface area contributed by atoms with Crippen LogP contribution in [0.25, 0.3) is 6.08 Å². The molecule has 2 heterocycles. The largest absolute Gasteiger partial charge is 0.364 e. The first kappa shape index (κ1) is 21.7. The number of terminal acetylenes is 1. The second kappa shape index (κ2) is 9.63. The number of rotatable bonds is 7. The van der Waals surface area contributed by atoms with Gasteiger partial charge in [-0.1, -0.05) is 5.92 Å². The lowest BCUT2D eigenvalue weighted by Gasteiger charge is -2.14. The van der Waals surface area contributed by atoms with E-state index in [2.05, 4.69) is 31.5 Å². The Kier molecular flexibility index (Phi) is 6.73. The molecule has 1 aromatic carbocycles. The number of carbonyl (C=O) groups excluding carboxylic acids is 1. The highest BCUT2D eigenvalue weighted by molar-refractivity contribution is 5.93. The van der Waals surface area contributed by atoms with E-state index in [1.54, 1.807) is 6.08 Å². The quantitative estimate of drug-likeness (QED) is 0.508. The fourth-order valence-corrected chi connectivity index (χ4v) is 3.08. The molecule has 0 unspecified atom stereocenters. The summed E-state index contributed by atoms with van der Waals surface area (Å²) in [5.74, 6) is 3.72. The van der Waals surface area contributed by atoms with E-state index in [1.807, 2.05) is 75.4 Å². The maximum atomic E-state index is 12.5. The summed E-state index contributed by atoms with van der Waals surface area (Å²) in [7, 11) is 3.87. The molecule has 1 amide bonds. The predicted octanol–water partition coefficient (Wildman–Crippen LogP) is 4.06. The topological polar surface area (TPSA) is 85.9 Å². The maximum Gasteiger partial charge on any atom is 0.229 e. The van der Waals surface area contributed by atoms with Gasteiger partial charge in [0, 0.05) is 49.1 Å². The minimum Gasteiger partial charge on any atom is -0.364 e. The normalized spacial score (nSPS) is 10.7. The summed E-state index contributed by atoms with van der Waals surface area (Å²) in [6.07, 6.45) is 10.8. The molecular weight excluding hydrogens is 388 g/mol. The molecule has 0 bridgehead atoms. The summed E-state index contributed by atoms with van der Waals surface area (Å²) in [5.41, 5.74) is 5.23. The number of hydrogen-bond donors (Lipinski definition) is 3. The molecule has 0 spiro atoms. The van der Waals surface area contributed by atoms with Crippen LogP contribution in [-0.4, -0.2) is 35.0 Å². The van der Waals surface area contributed by atoms with Crippen LogP contribution in [0.2, 0.25) is 0 Å². The fourth-order valence-electron chi connectivity index (χ4n) is 3.08. The Morgan fingerprint density at radius 3 is 2.58 bits per heavy atom. The average Bonchev–Trinajstić information content (AvgIpc) is 3.06. The van der Waals surface area contributed by atoms with Gasteiger partial charge in [-0.3, -0.25) is 4.79 Å². The average molecular weight is 415 g/mol. The molecule has 0 radical (unpaired) electrons. The molecule has 0 saturated heterocycles. The summed E-state index contributed by atoms with van der Waals surface area (Å²) in [6, 6.07) is 9.34. The summed E-state index contributed by atoms with van der Waals surface area (Å²) in [6.45, 7) is 3.88. The van der Waals surface area contributed by atoms with E-state index >= 15 is 0 Å². The second-order valence-corrected chi connectivity index (χ2v) is 7.37. The minimum atomic E-state index is -0.104. The highest BCUT2D eigenvalue weighted by atomic mass is 16.1. The van der Waals surface area contributed by atoms with Crippen molar-refractivity contribution in [1.29, 1.82) is 0 Å². The van der Waals surface area contributed by atoms with Gasteiger partial charge in [-0.05, 0) is 61.4 Å². The predicted molar refractivity (Wildman–Crippen MR) is 127 cm³/mol. The van der Waals surface area contributed by atoms with E-state index in [0.717, 1.165) is 34.0 Å². The van der Waals surface area contributed by atoms with Crippen LogP contribution in [0, 0.1) is 26.2 Å². The van der Waals surface area contributed by atoms with Gasteiger partial charge < -0.3 is 20.5 Å². The van der Waals surface area contributed by atoms with E-state index in [4.69, 9.17) is 6.42 Å². The van der Waals surface area contributed by atoms with Crippen molar-refractivity contribution in [3.8, 4) is 12.3 Å². The number of hydrogen-bond acceptors (Lipinski definition) is 5. The zero-order valence-electron chi connectivity index (χ0n) is 18.2. The van der Waals surface area contributed by atoms with Crippen LogP contribution in [0.15, 0.2) is 42.6 Å². The molecule has 0 fully saturated rings. The van der Waals surface area contributed by atoms with Crippen molar-refractivity contribution in [2.45, 2.75) is 20.3 Å². The monoisotopic (exact) mass is 414 g/mol. The Labute approximate surface area is 182 Å². The Morgan fingerprint density at radius 1 is 1.19 bits per heavy atom. The van der Waals surface area contributed by atoms with E-state index in [1.165, 1.54) is 0 Å². The zero-order chi connectivity index (χ0) is 22.4. The molecule has 3 rings (SSSR count). The van der Waals surface area contributed by atoms with Gasteiger partial charge in [-0.15, -0.1) is 6.42 Å². The second-order valence-electron chi connectivity index (χ2n) is 7.37. The molecule has 0 aliphatic rings. The molecule has 0 aliphatic heterocycles. The van der Waals surface area contributed by atoms with Gasteiger partial charge >= 0.3 is 0 Å². The molecular formula is C24H26N6O. The van der Waals surface area contributed by atoms with E-state index in [0.29, 0.717) is 11.6 Å². The molecule has 3 aromatic rings. The highest BCUT2D eigenvalue weighted by Gasteiger charge is 2.11. The summed E-state index contributed by atoms with van der Waals surface area (Å²) in [4.78, 5) is 26.5. The van der Waals surface area contributed by atoms with Crippen molar-refractivity contribution in [3.05, 3.63) is 65.1 Å². The Bertz CT molecular complexity index is 1140. The molecule has 3 N–H and O–H groups in total. The standard InChI is InChI=1S/C24H26N6O/c1-6-7-8-21-17(3)25-15-18(21)14-23(31)27-19-9-11-20(12-10-19)28-24-26-16(2)13-22(29-24)30(4)5/h1,7-13,15,25H,14H2,2-5H3,(H,27,31)(H,26,28,29)/b8-7-. The van der Waals surface area contributed by atoms with Crippen LogP contribution in [0.1, 0.15) is 22.5 Å². The number of aromatic nitrogens is 3. The van der Waals surface area contributed by atoms with Gasteiger partial charge in [0.05, 0.1) is 6.42 Å². The van der Waals surface area contributed by atoms with Crippen molar-refractivity contribution < 1.29 is 4.79 Å². The number of nitrogens with zero attached hydrogens (tertiary/aromatic N) is 3. The van der Waals surface area contributed by atoms with Crippen molar-refractivity contribution in [2.24, 2.45) is 0 Å².